The number of nitrogens with zero attached hydrogens (tertiary/aromatic N) is 4. The number of aromatic nitrogens is 3. The molecular weight excluding hydrogens is 445 g/mol. The second-order valence-electron chi connectivity index (χ2n) is 9.65. The predicted molar refractivity (Wildman–Crippen MR) is 131 cm³/mol. The van der Waals surface area contributed by atoms with Crippen molar-refractivity contribution in [2.45, 2.75) is 57.4 Å². The predicted octanol–water partition coefficient (Wildman–Crippen LogP) is 4.49. The Morgan fingerprint density at radius 1 is 0.943 bits per heavy atom. The highest BCUT2D eigenvalue weighted by Gasteiger charge is 2.32. The Balaban J connectivity index is 1.36. The van der Waals surface area contributed by atoms with E-state index in [0.717, 1.165) is 25.7 Å². The first-order valence-corrected chi connectivity index (χ1v) is 12.7. The van der Waals surface area contributed by atoms with Crippen molar-refractivity contribution in [2.24, 2.45) is 5.92 Å². The van der Waals surface area contributed by atoms with Crippen LogP contribution in [0.4, 0.5) is 4.39 Å². The lowest BCUT2D eigenvalue weighted by atomic mass is 9.95. The number of hydrogen-bond acceptors (Lipinski definition) is 3. The summed E-state index contributed by atoms with van der Waals surface area (Å²) < 4.78 is 17.0. The number of halogens is 1. The number of nitrogens with one attached hydrogen (secondary N) is 1. The van der Waals surface area contributed by atoms with E-state index in [1.54, 1.807) is 27.9 Å². The fourth-order valence-electron chi connectivity index (χ4n) is 5.28. The van der Waals surface area contributed by atoms with Gasteiger partial charge in [-0.15, -0.1) is 0 Å². The first-order chi connectivity index (χ1) is 17.1. The zero-order valence-electron chi connectivity index (χ0n) is 19.9. The molecular formula is C27H32FN5O2. The Kier molecular flexibility index (Phi) is 6.97. The van der Waals surface area contributed by atoms with Crippen molar-refractivity contribution in [1.82, 2.24) is 24.6 Å². The summed E-state index contributed by atoms with van der Waals surface area (Å²) in [5.41, 5.74) is 1.11. The van der Waals surface area contributed by atoms with Crippen LogP contribution in [0.15, 0.2) is 55.0 Å². The molecule has 1 aliphatic carbocycles. The molecule has 184 valence electrons. The van der Waals surface area contributed by atoms with E-state index in [0.29, 0.717) is 30.2 Å². The molecule has 3 heterocycles. The lowest BCUT2D eigenvalue weighted by Gasteiger charge is -2.33. The summed E-state index contributed by atoms with van der Waals surface area (Å²) in [5.74, 6) is -0.00737. The van der Waals surface area contributed by atoms with Gasteiger partial charge >= 0.3 is 0 Å². The van der Waals surface area contributed by atoms with Crippen molar-refractivity contribution in [3.63, 3.8) is 0 Å². The number of carbonyl (C=O) groups excluding carboxylic acids is 2. The number of likely N-dealkylation sites (tertiary alicyclic amines) is 1. The highest BCUT2D eigenvalue weighted by molar-refractivity contribution is 5.97. The molecule has 8 heteroatoms. The van der Waals surface area contributed by atoms with Gasteiger partial charge in [-0.2, -0.15) is 5.10 Å². The topological polar surface area (TPSA) is 72.2 Å². The Hall–Kier alpha value is -3.42. The molecule has 1 atom stereocenters. The molecule has 2 fully saturated rings. The number of rotatable bonds is 5. The van der Waals surface area contributed by atoms with Gasteiger partial charge in [0.1, 0.15) is 11.4 Å². The van der Waals surface area contributed by atoms with Gasteiger partial charge in [0.2, 0.25) is 5.91 Å². The quantitative estimate of drug-likeness (QED) is 0.550. The van der Waals surface area contributed by atoms with Crippen LogP contribution in [0.25, 0.3) is 11.5 Å². The fraction of sp³-hybridized carbons (Fsp3) is 0.444. The maximum absolute atomic E-state index is 13.7. The lowest BCUT2D eigenvalue weighted by Crippen LogP contribution is -2.47. The second-order valence-corrected chi connectivity index (χ2v) is 9.65. The normalized spacial score (nSPS) is 19.3. The summed E-state index contributed by atoms with van der Waals surface area (Å²) in [5, 5.41) is 7.74. The summed E-state index contributed by atoms with van der Waals surface area (Å²) >= 11 is 0. The standard InChI is InChI=1S/C27H32FN5O2/c28-21-11-13-23(14-12-21)33-26(31-15-5-6-16-31)24(18-29-33)27(35)32-17-7-8-20(19-32)25(34)30-22-9-3-1-2-4-10-22/h5-6,11-16,18,20,22H,1-4,7-10,17,19H2,(H,30,34). The van der Waals surface area contributed by atoms with Crippen LogP contribution in [0.3, 0.4) is 0 Å². The largest absolute Gasteiger partial charge is 0.353 e. The van der Waals surface area contributed by atoms with Crippen molar-refractivity contribution in [3.05, 3.63) is 66.4 Å². The van der Waals surface area contributed by atoms with E-state index in [9.17, 15) is 14.0 Å². The minimum atomic E-state index is -0.332. The Bertz CT molecular complexity index is 1150. The van der Waals surface area contributed by atoms with E-state index in [1.165, 1.54) is 37.8 Å². The molecule has 0 radical (unpaired) electrons. The summed E-state index contributed by atoms with van der Waals surface area (Å²) in [6.07, 6.45) is 13.8. The van der Waals surface area contributed by atoms with Crippen LogP contribution < -0.4 is 5.32 Å². The molecule has 1 aliphatic heterocycles. The Morgan fingerprint density at radius 3 is 2.37 bits per heavy atom. The molecule has 2 aromatic heterocycles. The first-order valence-electron chi connectivity index (χ1n) is 12.7. The number of amides is 2. The fourth-order valence-corrected chi connectivity index (χ4v) is 5.28. The van der Waals surface area contributed by atoms with Crippen LogP contribution in [0, 0.1) is 11.7 Å². The Morgan fingerprint density at radius 2 is 1.66 bits per heavy atom. The molecule has 7 nitrogen and oxygen atoms in total. The van der Waals surface area contributed by atoms with Crippen LogP contribution in [-0.4, -0.2) is 50.2 Å². The SMILES string of the molecule is O=C(NC1CCCCCC1)C1CCCN(C(=O)c2cnn(-c3ccc(F)cc3)c2-n2cccc2)C1. The average molecular weight is 478 g/mol. The minimum Gasteiger partial charge on any atom is -0.353 e. The average Bonchev–Trinajstić information content (AvgIpc) is 3.49. The first kappa shape index (κ1) is 23.3. The van der Waals surface area contributed by atoms with E-state index in [1.807, 2.05) is 29.1 Å². The zero-order chi connectivity index (χ0) is 24.2. The van der Waals surface area contributed by atoms with Crippen molar-refractivity contribution in [1.29, 1.82) is 0 Å². The van der Waals surface area contributed by atoms with Gasteiger partial charge in [-0.1, -0.05) is 25.7 Å². The molecule has 1 unspecified atom stereocenters. The van der Waals surface area contributed by atoms with Crippen LogP contribution in [0.2, 0.25) is 0 Å². The van der Waals surface area contributed by atoms with E-state index < -0.39 is 0 Å². The smallest absolute Gasteiger partial charge is 0.259 e. The van der Waals surface area contributed by atoms with Crippen LogP contribution in [0.5, 0.6) is 0 Å². The Labute approximate surface area is 204 Å². The number of hydrogen-bond donors (Lipinski definition) is 1. The number of carbonyl (C=O) groups is 2. The number of benzene rings is 1. The van der Waals surface area contributed by atoms with Gasteiger partial charge in [0.25, 0.3) is 5.91 Å². The van der Waals surface area contributed by atoms with Gasteiger partial charge in [-0.25, -0.2) is 9.07 Å². The summed E-state index contributed by atoms with van der Waals surface area (Å²) in [6, 6.07) is 10.0. The third-order valence-corrected chi connectivity index (χ3v) is 7.18. The molecule has 3 aromatic rings. The van der Waals surface area contributed by atoms with Gasteiger partial charge in [-0.3, -0.25) is 9.59 Å². The summed E-state index contributed by atoms with van der Waals surface area (Å²) in [6.45, 7) is 1.02. The highest BCUT2D eigenvalue weighted by Crippen LogP contribution is 2.25. The molecule has 2 amide bonds. The van der Waals surface area contributed by atoms with Crippen LogP contribution in [-0.2, 0) is 4.79 Å². The molecule has 1 saturated heterocycles. The summed E-state index contributed by atoms with van der Waals surface area (Å²) in [7, 11) is 0. The maximum atomic E-state index is 13.7. The molecule has 5 rings (SSSR count). The van der Waals surface area contributed by atoms with Crippen LogP contribution >= 0.6 is 0 Å². The molecule has 2 aliphatic rings. The van der Waals surface area contributed by atoms with Crippen molar-refractivity contribution < 1.29 is 14.0 Å². The highest BCUT2D eigenvalue weighted by atomic mass is 19.1. The second kappa shape index (κ2) is 10.5. The third-order valence-electron chi connectivity index (χ3n) is 7.18. The van der Waals surface area contributed by atoms with Crippen LogP contribution in [0.1, 0.15) is 61.7 Å². The lowest BCUT2D eigenvalue weighted by molar-refractivity contribution is -0.127. The van der Waals surface area contributed by atoms with E-state index in [-0.39, 0.29) is 29.6 Å². The molecule has 1 aromatic carbocycles. The molecule has 1 saturated carbocycles. The molecule has 0 bridgehead atoms. The molecule has 1 N–H and O–H groups in total. The van der Waals surface area contributed by atoms with Crippen molar-refractivity contribution >= 4 is 11.8 Å². The molecule has 35 heavy (non-hydrogen) atoms. The van der Waals surface area contributed by atoms with Gasteiger partial charge in [0.05, 0.1) is 17.8 Å². The van der Waals surface area contributed by atoms with Gasteiger partial charge in [0, 0.05) is 31.5 Å². The monoisotopic (exact) mass is 477 g/mol. The zero-order valence-corrected chi connectivity index (χ0v) is 19.9. The maximum Gasteiger partial charge on any atom is 0.259 e. The van der Waals surface area contributed by atoms with Gasteiger partial charge in [-0.05, 0) is 62.1 Å². The number of piperidine rings is 1. The minimum absolute atomic E-state index is 0.0713. The van der Waals surface area contributed by atoms with Gasteiger partial charge in [0.15, 0.2) is 5.82 Å². The summed E-state index contributed by atoms with van der Waals surface area (Å²) in [4.78, 5) is 28.5. The third kappa shape index (κ3) is 5.16. The van der Waals surface area contributed by atoms with E-state index in [2.05, 4.69) is 10.4 Å². The molecule has 0 spiro atoms. The van der Waals surface area contributed by atoms with Gasteiger partial charge < -0.3 is 14.8 Å². The van der Waals surface area contributed by atoms with E-state index >= 15 is 0 Å². The van der Waals surface area contributed by atoms with Crippen molar-refractivity contribution in [2.75, 3.05) is 13.1 Å². The van der Waals surface area contributed by atoms with Crippen molar-refractivity contribution in [3.8, 4) is 11.5 Å². The van der Waals surface area contributed by atoms with E-state index in [4.69, 9.17) is 0 Å².